The fraction of sp³-hybridized carbons (Fsp3) is 0.556. The van der Waals surface area contributed by atoms with Gasteiger partial charge in [0, 0.05) is 17.1 Å². The average Bonchev–Trinajstić information content (AvgIpc) is 2.85. The number of nitrogens with one attached hydrogen (secondary N) is 2. The van der Waals surface area contributed by atoms with Crippen LogP contribution in [0.3, 0.4) is 0 Å². The van der Waals surface area contributed by atoms with Crippen molar-refractivity contribution >= 4 is 28.7 Å². The summed E-state index contributed by atoms with van der Waals surface area (Å²) in [5.74, 6) is 0. The molecule has 14 heavy (non-hydrogen) atoms. The Morgan fingerprint density at radius 1 is 1.71 bits per heavy atom. The number of thiocarbonyl (C=S) groups is 1. The SMILES string of the molecule is Cc1ncc(CNC(=S)NC2CC2)s1. The van der Waals surface area contributed by atoms with E-state index in [2.05, 4.69) is 15.6 Å². The van der Waals surface area contributed by atoms with Gasteiger partial charge in [-0.15, -0.1) is 11.3 Å². The molecule has 1 saturated carbocycles. The highest BCUT2D eigenvalue weighted by Crippen LogP contribution is 2.18. The van der Waals surface area contributed by atoms with Crippen molar-refractivity contribution in [1.82, 2.24) is 15.6 Å². The van der Waals surface area contributed by atoms with Crippen molar-refractivity contribution in [1.29, 1.82) is 0 Å². The van der Waals surface area contributed by atoms with E-state index in [1.807, 2.05) is 13.1 Å². The Morgan fingerprint density at radius 2 is 2.50 bits per heavy atom. The summed E-state index contributed by atoms with van der Waals surface area (Å²) in [6.45, 7) is 2.79. The van der Waals surface area contributed by atoms with Crippen LogP contribution in [0.15, 0.2) is 6.20 Å². The molecule has 2 rings (SSSR count). The van der Waals surface area contributed by atoms with E-state index < -0.39 is 0 Å². The van der Waals surface area contributed by atoms with Crippen LogP contribution in [-0.4, -0.2) is 16.1 Å². The zero-order valence-electron chi connectivity index (χ0n) is 8.04. The maximum absolute atomic E-state index is 5.14. The van der Waals surface area contributed by atoms with Gasteiger partial charge in [0.2, 0.25) is 0 Å². The van der Waals surface area contributed by atoms with Crippen LogP contribution in [0.5, 0.6) is 0 Å². The van der Waals surface area contributed by atoms with Gasteiger partial charge in [-0.05, 0) is 32.0 Å². The molecule has 1 aliphatic rings. The van der Waals surface area contributed by atoms with Gasteiger partial charge in [-0.25, -0.2) is 4.98 Å². The quantitative estimate of drug-likeness (QED) is 0.769. The molecule has 0 radical (unpaired) electrons. The number of aryl methyl sites for hydroxylation is 1. The molecule has 1 aliphatic carbocycles. The van der Waals surface area contributed by atoms with Crippen LogP contribution >= 0.6 is 23.6 Å². The van der Waals surface area contributed by atoms with Crippen LogP contribution in [-0.2, 0) is 6.54 Å². The third-order valence-electron chi connectivity index (χ3n) is 2.00. The number of nitrogens with zero attached hydrogens (tertiary/aromatic N) is 1. The Morgan fingerprint density at radius 3 is 3.07 bits per heavy atom. The lowest BCUT2D eigenvalue weighted by Crippen LogP contribution is -2.35. The number of thiazole rings is 1. The van der Waals surface area contributed by atoms with Crippen LogP contribution in [0.4, 0.5) is 0 Å². The lowest BCUT2D eigenvalue weighted by Gasteiger charge is -2.07. The molecular weight excluding hydrogens is 214 g/mol. The monoisotopic (exact) mass is 227 g/mol. The largest absolute Gasteiger partial charge is 0.360 e. The Labute approximate surface area is 92.9 Å². The van der Waals surface area contributed by atoms with Gasteiger partial charge in [0.1, 0.15) is 0 Å². The van der Waals surface area contributed by atoms with Crippen LogP contribution in [0, 0.1) is 6.92 Å². The van der Waals surface area contributed by atoms with E-state index in [-0.39, 0.29) is 0 Å². The molecule has 0 bridgehead atoms. The summed E-state index contributed by atoms with van der Waals surface area (Å²) in [6.07, 6.45) is 4.40. The second kappa shape index (κ2) is 4.23. The van der Waals surface area contributed by atoms with Gasteiger partial charge in [0.05, 0.1) is 11.6 Å². The molecule has 0 aliphatic heterocycles. The van der Waals surface area contributed by atoms with Gasteiger partial charge in [-0.3, -0.25) is 0 Å². The molecule has 0 amide bonds. The topological polar surface area (TPSA) is 37.0 Å². The summed E-state index contributed by atoms with van der Waals surface area (Å²) < 4.78 is 0. The Hall–Kier alpha value is -0.680. The van der Waals surface area contributed by atoms with Crippen molar-refractivity contribution in [2.75, 3.05) is 0 Å². The molecule has 0 unspecified atom stereocenters. The first kappa shape index (κ1) is 9.86. The molecule has 3 nitrogen and oxygen atoms in total. The van der Waals surface area contributed by atoms with E-state index in [1.54, 1.807) is 11.3 Å². The smallest absolute Gasteiger partial charge is 0.166 e. The van der Waals surface area contributed by atoms with Crippen LogP contribution in [0.2, 0.25) is 0 Å². The summed E-state index contributed by atoms with van der Waals surface area (Å²) in [5, 5.41) is 8.27. The Balaban J connectivity index is 1.73. The fourth-order valence-corrected chi connectivity index (χ4v) is 2.09. The summed E-state index contributed by atoms with van der Waals surface area (Å²) >= 11 is 6.84. The summed E-state index contributed by atoms with van der Waals surface area (Å²) in [7, 11) is 0. The fourth-order valence-electron chi connectivity index (χ4n) is 1.12. The van der Waals surface area contributed by atoms with Crippen LogP contribution < -0.4 is 10.6 Å². The minimum Gasteiger partial charge on any atom is -0.360 e. The summed E-state index contributed by atoms with van der Waals surface area (Å²) in [5.41, 5.74) is 0. The zero-order chi connectivity index (χ0) is 9.97. The minimum absolute atomic E-state index is 0.623. The number of hydrogen-bond acceptors (Lipinski definition) is 3. The van der Waals surface area contributed by atoms with E-state index in [0.717, 1.165) is 16.7 Å². The molecule has 0 spiro atoms. The van der Waals surface area contributed by atoms with Crippen molar-refractivity contribution in [3.05, 3.63) is 16.1 Å². The predicted octanol–water partition coefficient (Wildman–Crippen LogP) is 1.58. The zero-order valence-corrected chi connectivity index (χ0v) is 9.67. The van der Waals surface area contributed by atoms with Gasteiger partial charge in [0.25, 0.3) is 0 Å². The van der Waals surface area contributed by atoms with Gasteiger partial charge in [-0.2, -0.15) is 0 Å². The van der Waals surface area contributed by atoms with Gasteiger partial charge in [0.15, 0.2) is 5.11 Å². The van der Waals surface area contributed by atoms with E-state index in [0.29, 0.717) is 6.04 Å². The molecule has 1 aromatic heterocycles. The standard InChI is InChI=1S/C9H13N3S2/c1-6-10-4-8(14-6)5-11-9(13)12-7-2-3-7/h4,7H,2-3,5H2,1H3,(H2,11,12,13). The molecule has 5 heteroatoms. The third kappa shape index (κ3) is 2.92. The maximum atomic E-state index is 5.14. The highest BCUT2D eigenvalue weighted by atomic mass is 32.1. The first-order valence-corrected chi connectivity index (χ1v) is 5.92. The molecule has 76 valence electrons. The first-order valence-electron chi connectivity index (χ1n) is 4.70. The lowest BCUT2D eigenvalue weighted by atomic mass is 10.5. The molecule has 0 aromatic carbocycles. The highest BCUT2D eigenvalue weighted by Gasteiger charge is 2.21. The van der Waals surface area contributed by atoms with Crippen molar-refractivity contribution in [2.24, 2.45) is 0 Å². The van der Waals surface area contributed by atoms with Gasteiger partial charge >= 0.3 is 0 Å². The molecule has 1 aromatic rings. The second-order valence-corrected chi connectivity index (χ2v) is 5.17. The van der Waals surface area contributed by atoms with Crippen LogP contribution in [0.1, 0.15) is 22.7 Å². The molecule has 2 N–H and O–H groups in total. The van der Waals surface area contributed by atoms with Crippen molar-refractivity contribution in [3.63, 3.8) is 0 Å². The lowest BCUT2D eigenvalue weighted by molar-refractivity contribution is 0.835. The third-order valence-corrected chi connectivity index (χ3v) is 3.18. The number of rotatable bonds is 3. The van der Waals surface area contributed by atoms with Crippen molar-refractivity contribution in [2.45, 2.75) is 32.4 Å². The molecule has 0 saturated heterocycles. The van der Waals surface area contributed by atoms with E-state index in [9.17, 15) is 0 Å². The van der Waals surface area contributed by atoms with Crippen molar-refractivity contribution in [3.8, 4) is 0 Å². The number of aromatic nitrogens is 1. The molecule has 1 fully saturated rings. The summed E-state index contributed by atoms with van der Waals surface area (Å²) in [6, 6.07) is 0.623. The second-order valence-electron chi connectivity index (χ2n) is 3.45. The predicted molar refractivity (Wildman–Crippen MR) is 62.4 cm³/mol. The molecular formula is C9H13N3S2. The summed E-state index contributed by atoms with van der Waals surface area (Å²) in [4.78, 5) is 5.41. The van der Waals surface area contributed by atoms with E-state index >= 15 is 0 Å². The minimum atomic E-state index is 0.623. The first-order chi connectivity index (χ1) is 6.74. The van der Waals surface area contributed by atoms with Crippen LogP contribution in [0.25, 0.3) is 0 Å². The van der Waals surface area contributed by atoms with Gasteiger partial charge < -0.3 is 10.6 Å². The Kier molecular flexibility index (Phi) is 2.98. The van der Waals surface area contributed by atoms with E-state index in [1.165, 1.54) is 17.7 Å². The highest BCUT2D eigenvalue weighted by molar-refractivity contribution is 7.80. The Bertz CT molecular complexity index is 331. The van der Waals surface area contributed by atoms with Gasteiger partial charge in [-0.1, -0.05) is 0 Å². The van der Waals surface area contributed by atoms with Crippen molar-refractivity contribution < 1.29 is 0 Å². The average molecular weight is 227 g/mol. The maximum Gasteiger partial charge on any atom is 0.166 e. The molecule has 0 atom stereocenters. The number of hydrogen-bond donors (Lipinski definition) is 2. The molecule has 1 heterocycles. The normalized spacial score (nSPS) is 15.2. The van der Waals surface area contributed by atoms with E-state index in [4.69, 9.17) is 12.2 Å².